The van der Waals surface area contributed by atoms with E-state index in [9.17, 15) is 22.3 Å². The molecule has 0 saturated heterocycles. The van der Waals surface area contributed by atoms with E-state index < -0.39 is 15.6 Å². The summed E-state index contributed by atoms with van der Waals surface area (Å²) in [6.07, 6.45) is 1.04. The van der Waals surface area contributed by atoms with Gasteiger partial charge in [-0.15, -0.1) is 0 Å². The Bertz CT molecular complexity index is 583. The third-order valence-corrected chi connectivity index (χ3v) is 6.02. The molecule has 0 radical (unpaired) electrons. The van der Waals surface area contributed by atoms with E-state index in [0.717, 1.165) is 12.0 Å². The van der Waals surface area contributed by atoms with Crippen LogP contribution in [0.15, 0.2) is 29.2 Å². The first kappa shape index (κ1) is 15.4. The van der Waals surface area contributed by atoms with Crippen LogP contribution in [0.25, 0.3) is 0 Å². The highest BCUT2D eigenvalue weighted by molar-refractivity contribution is 7.91. The summed E-state index contributed by atoms with van der Waals surface area (Å²) < 4.78 is 47.6. The Morgan fingerprint density at radius 2 is 1.90 bits per heavy atom. The third-order valence-electron chi connectivity index (χ3n) is 4.62. The second-order valence-corrected chi connectivity index (χ2v) is 7.46. The summed E-state index contributed by atoms with van der Waals surface area (Å²) in [6.45, 7) is 3.97. The Balaban J connectivity index is 2.27. The highest BCUT2D eigenvalue weighted by atomic mass is 32.2. The Morgan fingerprint density at radius 3 is 2.30 bits per heavy atom. The second-order valence-electron chi connectivity index (χ2n) is 5.54. The number of sulfone groups is 1. The minimum atomic E-state index is -4.54. The summed E-state index contributed by atoms with van der Waals surface area (Å²) in [6, 6.07) is 5.58. The fourth-order valence-electron chi connectivity index (χ4n) is 2.82. The smallest absolute Gasteiger partial charge is 0.341 e. The van der Waals surface area contributed by atoms with Crippen molar-refractivity contribution in [3.05, 3.63) is 29.8 Å². The Hall–Kier alpha value is -1.01. The lowest BCUT2D eigenvalue weighted by Crippen LogP contribution is -2.49. The highest BCUT2D eigenvalue weighted by Crippen LogP contribution is 2.54. The molecule has 2 rings (SSSR count). The van der Waals surface area contributed by atoms with Gasteiger partial charge in [0, 0.05) is 5.41 Å². The number of hydrogen-bond acceptors (Lipinski definition) is 3. The van der Waals surface area contributed by atoms with Gasteiger partial charge in [0.25, 0.3) is 0 Å². The fourth-order valence-corrected chi connectivity index (χ4v) is 3.55. The predicted molar refractivity (Wildman–Crippen MR) is 71.4 cm³/mol. The minimum absolute atomic E-state index is 0.130. The molecule has 3 unspecified atom stereocenters. The molecule has 0 amide bonds. The number of halogens is 2. The third kappa shape index (κ3) is 2.24. The number of rotatable bonds is 4. The van der Waals surface area contributed by atoms with Crippen molar-refractivity contribution in [2.24, 2.45) is 5.41 Å². The summed E-state index contributed by atoms with van der Waals surface area (Å²) in [7, 11) is -4.54. The van der Waals surface area contributed by atoms with Crippen LogP contribution in [0.5, 0.6) is 0 Å². The molecule has 1 fully saturated rings. The van der Waals surface area contributed by atoms with Crippen molar-refractivity contribution in [3.8, 4) is 0 Å². The largest absolute Gasteiger partial charge is 0.393 e. The molecule has 20 heavy (non-hydrogen) atoms. The SMILES string of the molecule is CCC1(C)C(O)CC1c1ccc(S(=O)(=O)C(F)F)cc1. The summed E-state index contributed by atoms with van der Waals surface area (Å²) in [5.41, 5.74) is 0.649. The van der Waals surface area contributed by atoms with E-state index in [1.807, 2.05) is 13.8 Å². The van der Waals surface area contributed by atoms with Crippen molar-refractivity contribution in [1.29, 1.82) is 0 Å². The van der Waals surface area contributed by atoms with E-state index >= 15 is 0 Å². The molecule has 0 aliphatic heterocycles. The van der Waals surface area contributed by atoms with E-state index in [2.05, 4.69) is 0 Å². The molecule has 1 aromatic carbocycles. The first-order valence-electron chi connectivity index (χ1n) is 6.53. The zero-order valence-electron chi connectivity index (χ0n) is 11.4. The van der Waals surface area contributed by atoms with Gasteiger partial charge in [-0.1, -0.05) is 26.0 Å². The molecule has 1 saturated carbocycles. The molecule has 0 spiro atoms. The monoisotopic (exact) mass is 304 g/mol. The van der Waals surface area contributed by atoms with Crippen LogP contribution in [0.3, 0.4) is 0 Å². The molecule has 0 aromatic heterocycles. The van der Waals surface area contributed by atoms with Gasteiger partial charge in [-0.3, -0.25) is 0 Å². The predicted octanol–water partition coefficient (Wildman–Crippen LogP) is 2.95. The number of hydrogen-bond donors (Lipinski definition) is 1. The van der Waals surface area contributed by atoms with Gasteiger partial charge in [0.05, 0.1) is 11.0 Å². The van der Waals surface area contributed by atoms with Crippen LogP contribution in [-0.2, 0) is 9.84 Å². The van der Waals surface area contributed by atoms with Crippen molar-refractivity contribution < 1.29 is 22.3 Å². The topological polar surface area (TPSA) is 54.4 Å². The lowest BCUT2D eigenvalue weighted by Gasteiger charge is -2.51. The average molecular weight is 304 g/mol. The van der Waals surface area contributed by atoms with Crippen molar-refractivity contribution >= 4 is 9.84 Å². The van der Waals surface area contributed by atoms with E-state index in [1.165, 1.54) is 12.1 Å². The Morgan fingerprint density at radius 1 is 1.35 bits per heavy atom. The summed E-state index contributed by atoms with van der Waals surface area (Å²) in [5.74, 6) is -3.27. The molecule has 0 bridgehead atoms. The molecule has 0 heterocycles. The van der Waals surface area contributed by atoms with Crippen LogP contribution in [0.2, 0.25) is 0 Å². The molecule has 3 nitrogen and oxygen atoms in total. The van der Waals surface area contributed by atoms with E-state index in [0.29, 0.717) is 6.42 Å². The van der Waals surface area contributed by atoms with Crippen molar-refractivity contribution in [1.82, 2.24) is 0 Å². The number of benzene rings is 1. The van der Waals surface area contributed by atoms with Crippen LogP contribution >= 0.6 is 0 Å². The quantitative estimate of drug-likeness (QED) is 0.930. The Labute approximate surface area is 117 Å². The fraction of sp³-hybridized carbons (Fsp3) is 0.571. The molecule has 1 aliphatic rings. The van der Waals surface area contributed by atoms with Gasteiger partial charge in [-0.05, 0) is 36.5 Å². The maximum Gasteiger partial charge on any atom is 0.341 e. The lowest BCUT2D eigenvalue weighted by atomic mass is 9.55. The van der Waals surface area contributed by atoms with Gasteiger partial charge in [-0.2, -0.15) is 8.78 Å². The molecule has 1 aliphatic carbocycles. The minimum Gasteiger partial charge on any atom is -0.393 e. The highest BCUT2D eigenvalue weighted by Gasteiger charge is 2.50. The normalized spacial score (nSPS) is 30.3. The molecule has 3 atom stereocenters. The maximum atomic E-state index is 12.4. The first-order valence-corrected chi connectivity index (χ1v) is 8.08. The van der Waals surface area contributed by atoms with Crippen LogP contribution < -0.4 is 0 Å². The van der Waals surface area contributed by atoms with Gasteiger partial charge in [0.1, 0.15) is 0 Å². The summed E-state index contributed by atoms with van der Waals surface area (Å²) >= 11 is 0. The van der Waals surface area contributed by atoms with Gasteiger partial charge in [0.2, 0.25) is 9.84 Å². The van der Waals surface area contributed by atoms with E-state index in [4.69, 9.17) is 0 Å². The number of aliphatic hydroxyl groups is 1. The van der Waals surface area contributed by atoms with E-state index in [-0.39, 0.29) is 22.3 Å². The van der Waals surface area contributed by atoms with Crippen LogP contribution in [0, 0.1) is 5.41 Å². The van der Waals surface area contributed by atoms with Crippen molar-refractivity contribution in [2.45, 2.75) is 49.4 Å². The molecule has 1 aromatic rings. The van der Waals surface area contributed by atoms with Crippen LogP contribution in [-0.4, -0.2) is 25.4 Å². The zero-order valence-corrected chi connectivity index (χ0v) is 12.2. The van der Waals surface area contributed by atoms with Crippen LogP contribution in [0.1, 0.15) is 38.2 Å². The average Bonchev–Trinajstić information content (AvgIpc) is 2.43. The van der Waals surface area contributed by atoms with Crippen LogP contribution in [0.4, 0.5) is 8.78 Å². The molecule has 1 N–H and O–H groups in total. The summed E-state index contributed by atoms with van der Waals surface area (Å²) in [4.78, 5) is -0.366. The second kappa shape index (κ2) is 5.07. The van der Waals surface area contributed by atoms with Gasteiger partial charge in [-0.25, -0.2) is 8.42 Å². The molecule has 6 heteroatoms. The molecular weight excluding hydrogens is 286 g/mol. The molecular formula is C14H18F2O3S. The number of aliphatic hydroxyl groups excluding tert-OH is 1. The van der Waals surface area contributed by atoms with E-state index in [1.54, 1.807) is 12.1 Å². The summed E-state index contributed by atoms with van der Waals surface area (Å²) in [5, 5.41) is 9.86. The van der Waals surface area contributed by atoms with Crippen molar-refractivity contribution in [2.75, 3.05) is 0 Å². The van der Waals surface area contributed by atoms with Gasteiger partial charge >= 0.3 is 5.76 Å². The van der Waals surface area contributed by atoms with Gasteiger partial charge < -0.3 is 5.11 Å². The first-order chi connectivity index (χ1) is 9.23. The van der Waals surface area contributed by atoms with Crippen molar-refractivity contribution in [3.63, 3.8) is 0 Å². The standard InChI is InChI=1S/C14H18F2O3S/c1-3-14(2)11(8-12(14)17)9-4-6-10(7-5-9)20(18,19)13(15)16/h4-7,11-13,17H,3,8H2,1-2H3. The lowest BCUT2D eigenvalue weighted by molar-refractivity contribution is -0.0777. The maximum absolute atomic E-state index is 12.4. The Kier molecular flexibility index (Phi) is 3.90. The van der Waals surface area contributed by atoms with Gasteiger partial charge in [0.15, 0.2) is 0 Å². The zero-order chi connectivity index (χ0) is 15.1. The molecule has 112 valence electrons. The number of alkyl halides is 2.